The van der Waals surface area contributed by atoms with Crippen molar-refractivity contribution in [2.75, 3.05) is 5.32 Å². The number of halogens is 1. The van der Waals surface area contributed by atoms with Crippen LogP contribution < -0.4 is 10.9 Å². The van der Waals surface area contributed by atoms with Gasteiger partial charge in [0.1, 0.15) is 16.5 Å². The number of aromatic nitrogens is 2. The van der Waals surface area contributed by atoms with Gasteiger partial charge in [0.15, 0.2) is 0 Å². The lowest BCUT2D eigenvalue weighted by Crippen LogP contribution is -2.23. The molecule has 0 unspecified atom stereocenters. The maximum atomic E-state index is 11.9. The smallest absolute Gasteiger partial charge is 0.287 e. The number of rotatable bonds is 5. The highest BCUT2D eigenvalue weighted by Crippen LogP contribution is 2.17. The zero-order valence-electron chi connectivity index (χ0n) is 10.5. The quantitative estimate of drug-likeness (QED) is 0.855. The van der Waals surface area contributed by atoms with Gasteiger partial charge in [-0.15, -0.1) is 6.58 Å². The maximum Gasteiger partial charge on any atom is 0.287 e. The van der Waals surface area contributed by atoms with Gasteiger partial charge in [0.05, 0.1) is 25.0 Å². The Balaban J connectivity index is 2.15. The summed E-state index contributed by atoms with van der Waals surface area (Å²) in [4.78, 5) is 11.9. The van der Waals surface area contributed by atoms with Crippen LogP contribution in [0.4, 0.5) is 5.69 Å². The number of aryl methyl sites for hydroxylation is 1. The third-order valence-corrected chi connectivity index (χ3v) is 2.90. The first-order valence-electron chi connectivity index (χ1n) is 5.77. The fraction of sp³-hybridized carbons (Fsp3) is 0.231. The molecule has 0 atom stereocenters. The third-order valence-electron chi connectivity index (χ3n) is 2.54. The molecule has 0 radical (unpaired) electrons. The van der Waals surface area contributed by atoms with Crippen molar-refractivity contribution < 1.29 is 4.42 Å². The van der Waals surface area contributed by atoms with E-state index in [9.17, 15) is 4.79 Å². The zero-order chi connectivity index (χ0) is 13.8. The minimum atomic E-state index is -0.345. The van der Waals surface area contributed by atoms with E-state index in [2.05, 4.69) is 17.0 Å². The standard InChI is InChI=1S/C13H14ClN3O2/c1-3-6-17-13(18)12(14)11(8-16-17)15-7-10-5-4-9(2)19-10/h3-5,8,15H,1,6-7H2,2H3. The molecule has 0 aliphatic carbocycles. The molecule has 100 valence electrons. The number of hydrogen-bond donors (Lipinski definition) is 1. The van der Waals surface area contributed by atoms with E-state index in [1.807, 2.05) is 19.1 Å². The molecule has 2 aromatic heterocycles. The molecule has 0 amide bonds. The van der Waals surface area contributed by atoms with Crippen LogP contribution in [0.25, 0.3) is 0 Å². The predicted molar refractivity (Wildman–Crippen MR) is 74.5 cm³/mol. The van der Waals surface area contributed by atoms with Crippen LogP contribution in [0, 0.1) is 6.92 Å². The summed E-state index contributed by atoms with van der Waals surface area (Å²) >= 11 is 6.00. The molecule has 0 aliphatic rings. The highest BCUT2D eigenvalue weighted by molar-refractivity contribution is 6.32. The van der Waals surface area contributed by atoms with Gasteiger partial charge in [-0.05, 0) is 19.1 Å². The van der Waals surface area contributed by atoms with Crippen molar-refractivity contribution in [2.24, 2.45) is 0 Å². The van der Waals surface area contributed by atoms with E-state index < -0.39 is 0 Å². The van der Waals surface area contributed by atoms with Crippen LogP contribution in [0.5, 0.6) is 0 Å². The molecular weight excluding hydrogens is 266 g/mol. The predicted octanol–water partition coefficient (Wildman–Crippen LogP) is 2.60. The molecule has 0 fully saturated rings. The molecule has 2 rings (SSSR count). The van der Waals surface area contributed by atoms with Crippen LogP contribution in [0.15, 0.2) is 40.2 Å². The number of anilines is 1. The summed E-state index contributed by atoms with van der Waals surface area (Å²) < 4.78 is 6.66. The van der Waals surface area contributed by atoms with Crippen LogP contribution in [0.2, 0.25) is 5.02 Å². The topological polar surface area (TPSA) is 60.1 Å². The van der Waals surface area contributed by atoms with Gasteiger partial charge in [-0.1, -0.05) is 17.7 Å². The maximum absolute atomic E-state index is 11.9. The van der Waals surface area contributed by atoms with Gasteiger partial charge in [0, 0.05) is 0 Å². The summed E-state index contributed by atoms with van der Waals surface area (Å²) in [6, 6.07) is 3.74. The minimum Gasteiger partial charge on any atom is -0.465 e. The van der Waals surface area contributed by atoms with E-state index in [4.69, 9.17) is 16.0 Å². The zero-order valence-corrected chi connectivity index (χ0v) is 11.3. The Morgan fingerprint density at radius 3 is 3.00 bits per heavy atom. The summed E-state index contributed by atoms with van der Waals surface area (Å²) in [6.07, 6.45) is 3.10. The Morgan fingerprint density at radius 2 is 2.37 bits per heavy atom. The Bertz CT molecular complexity index is 646. The molecule has 0 saturated heterocycles. The van der Waals surface area contributed by atoms with Crippen LogP contribution in [0.3, 0.4) is 0 Å². The summed E-state index contributed by atoms with van der Waals surface area (Å²) in [6.45, 7) is 6.20. The van der Waals surface area contributed by atoms with Gasteiger partial charge in [0.25, 0.3) is 5.56 Å². The normalized spacial score (nSPS) is 10.4. The van der Waals surface area contributed by atoms with Crippen LogP contribution >= 0.6 is 11.6 Å². The van der Waals surface area contributed by atoms with E-state index in [1.54, 1.807) is 6.08 Å². The van der Waals surface area contributed by atoms with Crippen LogP contribution in [-0.4, -0.2) is 9.78 Å². The summed E-state index contributed by atoms with van der Waals surface area (Å²) in [7, 11) is 0. The number of allylic oxidation sites excluding steroid dienone is 1. The Labute approximate surface area is 115 Å². The second kappa shape index (κ2) is 5.75. The molecule has 1 N–H and O–H groups in total. The fourth-order valence-electron chi connectivity index (χ4n) is 1.60. The lowest BCUT2D eigenvalue weighted by molar-refractivity contribution is 0.490. The molecule has 5 nitrogen and oxygen atoms in total. The van der Waals surface area contributed by atoms with E-state index in [-0.39, 0.29) is 10.6 Å². The molecule has 0 aliphatic heterocycles. The molecule has 0 aromatic carbocycles. The molecule has 0 saturated carbocycles. The van der Waals surface area contributed by atoms with Crippen molar-refractivity contribution in [3.05, 3.63) is 57.9 Å². The lowest BCUT2D eigenvalue weighted by atomic mass is 10.4. The fourth-order valence-corrected chi connectivity index (χ4v) is 1.82. The summed E-state index contributed by atoms with van der Waals surface area (Å²) in [5, 5.41) is 7.14. The average molecular weight is 280 g/mol. The van der Waals surface area contributed by atoms with Crippen molar-refractivity contribution >= 4 is 17.3 Å². The monoisotopic (exact) mass is 279 g/mol. The molecule has 19 heavy (non-hydrogen) atoms. The molecule has 6 heteroatoms. The SMILES string of the molecule is C=CCn1ncc(NCc2ccc(C)o2)c(Cl)c1=O. The summed E-state index contributed by atoms with van der Waals surface area (Å²) in [5.74, 6) is 1.60. The number of nitrogens with one attached hydrogen (secondary N) is 1. The molecular formula is C13H14ClN3O2. The lowest BCUT2D eigenvalue weighted by Gasteiger charge is -2.08. The van der Waals surface area contributed by atoms with Gasteiger partial charge < -0.3 is 9.73 Å². The number of nitrogens with zero attached hydrogens (tertiary/aromatic N) is 2. The second-order valence-corrected chi connectivity index (χ2v) is 4.39. The number of furan rings is 1. The minimum absolute atomic E-state index is 0.111. The van der Waals surface area contributed by atoms with Crippen molar-refractivity contribution in [2.45, 2.75) is 20.0 Å². The van der Waals surface area contributed by atoms with E-state index >= 15 is 0 Å². The molecule has 2 aromatic rings. The van der Waals surface area contributed by atoms with Crippen LogP contribution in [-0.2, 0) is 13.1 Å². The van der Waals surface area contributed by atoms with E-state index in [0.29, 0.717) is 18.8 Å². The Morgan fingerprint density at radius 1 is 1.58 bits per heavy atom. The average Bonchev–Trinajstić information content (AvgIpc) is 2.80. The second-order valence-electron chi connectivity index (χ2n) is 4.01. The van der Waals surface area contributed by atoms with Gasteiger partial charge >= 0.3 is 0 Å². The van der Waals surface area contributed by atoms with Gasteiger partial charge in [0.2, 0.25) is 0 Å². The van der Waals surface area contributed by atoms with E-state index in [0.717, 1.165) is 11.5 Å². The van der Waals surface area contributed by atoms with Gasteiger partial charge in [-0.25, -0.2) is 4.68 Å². The molecule has 0 bridgehead atoms. The largest absolute Gasteiger partial charge is 0.465 e. The number of hydrogen-bond acceptors (Lipinski definition) is 4. The Kier molecular flexibility index (Phi) is 4.06. The van der Waals surface area contributed by atoms with Crippen molar-refractivity contribution in [1.29, 1.82) is 0 Å². The molecule has 2 heterocycles. The highest BCUT2D eigenvalue weighted by Gasteiger charge is 2.09. The van der Waals surface area contributed by atoms with Gasteiger partial charge in [-0.3, -0.25) is 4.79 Å². The first kappa shape index (κ1) is 13.4. The molecule has 0 spiro atoms. The first-order valence-corrected chi connectivity index (χ1v) is 6.15. The van der Waals surface area contributed by atoms with E-state index in [1.165, 1.54) is 10.9 Å². The highest BCUT2D eigenvalue weighted by atomic mass is 35.5. The van der Waals surface area contributed by atoms with Gasteiger partial charge in [-0.2, -0.15) is 5.10 Å². The summed E-state index contributed by atoms with van der Waals surface area (Å²) in [5.41, 5.74) is 0.142. The van der Waals surface area contributed by atoms with Crippen molar-refractivity contribution in [3.63, 3.8) is 0 Å². The Hall–Kier alpha value is -2.01. The first-order chi connectivity index (χ1) is 9.11. The third kappa shape index (κ3) is 3.06. The van der Waals surface area contributed by atoms with Crippen molar-refractivity contribution in [1.82, 2.24) is 9.78 Å². The van der Waals surface area contributed by atoms with Crippen molar-refractivity contribution in [3.8, 4) is 0 Å². The van der Waals surface area contributed by atoms with Crippen LogP contribution in [0.1, 0.15) is 11.5 Å².